The molecular weight excluding hydrogens is 442 g/mol. The summed E-state index contributed by atoms with van der Waals surface area (Å²) in [5, 5.41) is 3.00. The van der Waals surface area contributed by atoms with Crippen LogP contribution in [0, 0.1) is 0 Å². The van der Waals surface area contributed by atoms with E-state index < -0.39 is 17.5 Å². The number of ether oxygens (including phenoxy) is 3. The number of hydrogen-bond acceptors (Lipinski definition) is 5. The van der Waals surface area contributed by atoms with E-state index in [1.807, 2.05) is 36.4 Å². The van der Waals surface area contributed by atoms with Crippen LogP contribution >= 0.6 is 0 Å². The van der Waals surface area contributed by atoms with Crippen LogP contribution in [0.25, 0.3) is 0 Å². The Morgan fingerprint density at radius 2 is 1.29 bits per heavy atom. The molecule has 0 unspecified atom stereocenters. The van der Waals surface area contributed by atoms with Crippen molar-refractivity contribution >= 4 is 11.9 Å². The van der Waals surface area contributed by atoms with Gasteiger partial charge in [-0.3, -0.25) is 4.79 Å². The Bertz CT molecular complexity index is 1080. The second-order valence-corrected chi connectivity index (χ2v) is 8.71. The summed E-state index contributed by atoms with van der Waals surface area (Å²) in [6, 6.07) is 23.2. The van der Waals surface area contributed by atoms with Crippen molar-refractivity contribution in [3.63, 3.8) is 0 Å². The first-order valence-electron chi connectivity index (χ1n) is 11.9. The average molecular weight is 474 g/mol. The van der Waals surface area contributed by atoms with Gasteiger partial charge in [-0.1, -0.05) is 79.9 Å². The lowest BCUT2D eigenvalue weighted by molar-refractivity contribution is 0.0300. The fourth-order valence-corrected chi connectivity index (χ4v) is 4.66. The van der Waals surface area contributed by atoms with E-state index in [0.717, 1.165) is 25.7 Å². The molecule has 1 amide bonds. The first-order chi connectivity index (χ1) is 17.1. The molecule has 182 valence electrons. The lowest BCUT2D eigenvalue weighted by Crippen LogP contribution is -2.46. The van der Waals surface area contributed by atoms with Gasteiger partial charge in [-0.05, 0) is 25.0 Å². The van der Waals surface area contributed by atoms with Crippen molar-refractivity contribution in [2.75, 3.05) is 14.2 Å². The molecule has 6 heteroatoms. The molecule has 0 spiro atoms. The first-order valence-corrected chi connectivity index (χ1v) is 11.9. The average Bonchev–Trinajstić information content (AvgIpc) is 2.92. The molecule has 0 radical (unpaired) electrons. The molecule has 4 rings (SSSR count). The highest BCUT2D eigenvalue weighted by Crippen LogP contribution is 2.39. The van der Waals surface area contributed by atoms with Crippen LogP contribution in [-0.4, -0.2) is 32.1 Å². The van der Waals surface area contributed by atoms with Crippen molar-refractivity contribution in [2.24, 2.45) is 0 Å². The van der Waals surface area contributed by atoms with Crippen LogP contribution < -0.4 is 14.8 Å². The van der Waals surface area contributed by atoms with E-state index in [0.29, 0.717) is 28.2 Å². The fraction of sp³-hybridized carbons (Fsp3) is 0.310. The van der Waals surface area contributed by atoms with Crippen molar-refractivity contribution in [1.82, 2.24) is 5.32 Å². The van der Waals surface area contributed by atoms with Crippen LogP contribution in [0.3, 0.4) is 0 Å². The number of benzene rings is 3. The van der Waals surface area contributed by atoms with Gasteiger partial charge in [0.1, 0.15) is 11.5 Å². The minimum atomic E-state index is -1.71. The Kier molecular flexibility index (Phi) is 7.70. The van der Waals surface area contributed by atoms with Gasteiger partial charge in [0, 0.05) is 28.8 Å². The minimum Gasteiger partial charge on any atom is -0.497 e. The summed E-state index contributed by atoms with van der Waals surface area (Å²) in [5.41, 5.74) is -0.300. The van der Waals surface area contributed by atoms with Crippen LogP contribution in [0.1, 0.15) is 53.6 Å². The summed E-state index contributed by atoms with van der Waals surface area (Å²) >= 11 is 0. The zero-order valence-electron chi connectivity index (χ0n) is 20.2. The Morgan fingerprint density at radius 1 is 0.771 bits per heavy atom. The third-order valence-electron chi connectivity index (χ3n) is 6.47. The molecule has 1 aliphatic rings. The number of alkyl carbamates (subject to hydrolysis) is 1. The number of rotatable bonds is 8. The lowest BCUT2D eigenvalue weighted by atomic mass is 9.79. The van der Waals surface area contributed by atoms with Gasteiger partial charge >= 0.3 is 6.09 Å². The molecule has 1 saturated carbocycles. The Balaban J connectivity index is 1.84. The molecule has 3 aromatic carbocycles. The van der Waals surface area contributed by atoms with Crippen LogP contribution in [0.2, 0.25) is 0 Å². The van der Waals surface area contributed by atoms with Crippen molar-refractivity contribution in [3.8, 4) is 11.5 Å². The van der Waals surface area contributed by atoms with Crippen molar-refractivity contribution < 1.29 is 23.8 Å². The van der Waals surface area contributed by atoms with Gasteiger partial charge in [-0.2, -0.15) is 0 Å². The predicted molar refractivity (Wildman–Crippen MR) is 134 cm³/mol. The maximum absolute atomic E-state index is 14.4. The third kappa shape index (κ3) is 5.32. The highest BCUT2D eigenvalue weighted by Gasteiger charge is 2.47. The molecule has 0 aliphatic heterocycles. The molecule has 1 aliphatic carbocycles. The molecule has 0 atom stereocenters. The summed E-state index contributed by atoms with van der Waals surface area (Å²) in [7, 11) is 3.05. The number of nitrogens with one attached hydrogen (secondary N) is 1. The molecule has 3 aromatic rings. The van der Waals surface area contributed by atoms with Crippen LogP contribution in [0.15, 0.2) is 78.9 Å². The van der Waals surface area contributed by atoms with E-state index in [9.17, 15) is 9.59 Å². The van der Waals surface area contributed by atoms with E-state index in [2.05, 4.69) is 5.32 Å². The largest absolute Gasteiger partial charge is 0.497 e. The number of methoxy groups -OCH3 is 2. The maximum atomic E-state index is 14.4. The van der Waals surface area contributed by atoms with E-state index >= 15 is 0 Å². The molecule has 6 nitrogen and oxygen atoms in total. The molecule has 1 N–H and O–H groups in total. The van der Waals surface area contributed by atoms with E-state index in [1.54, 1.807) is 42.5 Å². The molecule has 0 aromatic heterocycles. The van der Waals surface area contributed by atoms with Crippen molar-refractivity contribution in [2.45, 2.75) is 43.7 Å². The topological polar surface area (TPSA) is 73.9 Å². The maximum Gasteiger partial charge on any atom is 0.409 e. The number of carbonyl (C=O) groups is 2. The zero-order valence-corrected chi connectivity index (χ0v) is 20.2. The second-order valence-electron chi connectivity index (χ2n) is 8.71. The Labute approximate surface area is 206 Å². The van der Waals surface area contributed by atoms with Gasteiger partial charge in [0.15, 0.2) is 0 Å². The Morgan fingerprint density at radius 3 is 1.77 bits per heavy atom. The highest BCUT2D eigenvalue weighted by molar-refractivity contribution is 6.07. The van der Waals surface area contributed by atoms with Crippen molar-refractivity contribution in [3.05, 3.63) is 95.6 Å². The van der Waals surface area contributed by atoms with Gasteiger partial charge in [-0.15, -0.1) is 0 Å². The molecule has 1 fully saturated rings. The van der Waals surface area contributed by atoms with Crippen LogP contribution in [0.4, 0.5) is 4.79 Å². The van der Waals surface area contributed by atoms with Crippen LogP contribution in [-0.2, 0) is 10.3 Å². The number of ketones is 1. The predicted octanol–water partition coefficient (Wildman–Crippen LogP) is 5.89. The van der Waals surface area contributed by atoms with Gasteiger partial charge in [-0.25, -0.2) is 4.79 Å². The quantitative estimate of drug-likeness (QED) is 0.413. The molecule has 0 bridgehead atoms. The van der Waals surface area contributed by atoms with Gasteiger partial charge < -0.3 is 19.5 Å². The standard InChI is InChI=1S/C29H31NO5/c1-33-25-18-21(19-26(20-25)34-2)27(31)29(22-12-6-3-7-13-22,23-14-8-4-9-15-23)35-28(32)30-24-16-10-5-11-17-24/h3-4,6-9,12-15,18-20,24H,5,10-11,16-17H2,1-2H3,(H,30,32). The second kappa shape index (κ2) is 11.1. The van der Waals surface area contributed by atoms with Gasteiger partial charge in [0.05, 0.1) is 14.2 Å². The summed E-state index contributed by atoms with van der Waals surface area (Å²) in [6.07, 6.45) is 4.49. The number of hydrogen-bond donors (Lipinski definition) is 1. The van der Waals surface area contributed by atoms with E-state index in [-0.39, 0.29) is 6.04 Å². The highest BCUT2D eigenvalue weighted by atomic mass is 16.6. The lowest BCUT2D eigenvalue weighted by Gasteiger charge is -2.34. The number of Topliss-reactive ketones (excluding diaryl/α,β-unsaturated/α-hetero) is 1. The van der Waals surface area contributed by atoms with Crippen molar-refractivity contribution in [1.29, 1.82) is 0 Å². The first kappa shape index (κ1) is 24.3. The summed E-state index contributed by atoms with van der Waals surface area (Å²) in [5.74, 6) is 0.537. The van der Waals surface area contributed by atoms with Gasteiger partial charge in [0.25, 0.3) is 0 Å². The molecule has 0 heterocycles. The molecular formula is C29H31NO5. The number of amides is 1. The summed E-state index contributed by atoms with van der Waals surface area (Å²) in [6.45, 7) is 0. The third-order valence-corrected chi connectivity index (χ3v) is 6.47. The van der Waals surface area contributed by atoms with Gasteiger partial charge in [0.2, 0.25) is 11.4 Å². The molecule has 35 heavy (non-hydrogen) atoms. The van der Waals surface area contributed by atoms with Crippen LogP contribution in [0.5, 0.6) is 11.5 Å². The minimum absolute atomic E-state index is 0.0347. The summed E-state index contributed by atoms with van der Waals surface area (Å²) < 4.78 is 17.0. The monoisotopic (exact) mass is 473 g/mol. The zero-order chi connectivity index (χ0) is 24.7. The normalized spacial score (nSPS) is 14.1. The Hall–Kier alpha value is -3.80. The smallest absolute Gasteiger partial charge is 0.409 e. The van der Waals surface area contributed by atoms with E-state index in [4.69, 9.17) is 14.2 Å². The molecule has 0 saturated heterocycles. The SMILES string of the molecule is COc1cc(OC)cc(C(=O)C(OC(=O)NC2CCCCC2)(c2ccccc2)c2ccccc2)c1. The fourth-order valence-electron chi connectivity index (χ4n) is 4.66. The van der Waals surface area contributed by atoms with E-state index in [1.165, 1.54) is 20.6 Å². The summed E-state index contributed by atoms with van der Waals surface area (Å²) in [4.78, 5) is 27.7. The number of carbonyl (C=O) groups excluding carboxylic acids is 2.